The molecule has 0 spiro atoms. The fourth-order valence-electron chi connectivity index (χ4n) is 5.25. The molecule has 0 unspecified atom stereocenters. The molecular formula is C33H13F4N5O. The van der Waals surface area contributed by atoms with Crippen molar-refractivity contribution in [2.45, 2.75) is 0 Å². The molecule has 0 atom stereocenters. The summed E-state index contributed by atoms with van der Waals surface area (Å²) in [6, 6.07) is 25.4. The van der Waals surface area contributed by atoms with Gasteiger partial charge in [0.15, 0.2) is 23.3 Å². The van der Waals surface area contributed by atoms with Gasteiger partial charge in [0, 0.05) is 21.7 Å². The maximum Gasteiger partial charge on any atom is 0.180 e. The predicted molar refractivity (Wildman–Crippen MR) is 150 cm³/mol. The standard InChI is InChI=1S/C33H13F4N5O/c34-28-23(15-39)29(35)31(37)26(30(28)36)18-5-7-19(8-6-18)32-22-11-12-24-33(42-43-41-24)27(22)21-10-9-20(13-25(21)40-32)17-3-1-16(14-38)2-4-17/h1-13H. The molecule has 6 nitrogen and oxygen atoms in total. The highest BCUT2D eigenvalue weighted by atomic mass is 19.2. The highest BCUT2D eigenvalue weighted by molar-refractivity contribution is 6.20. The van der Waals surface area contributed by atoms with E-state index in [9.17, 15) is 17.6 Å². The summed E-state index contributed by atoms with van der Waals surface area (Å²) >= 11 is 0. The molecule has 5 aromatic carbocycles. The molecule has 204 valence electrons. The zero-order valence-electron chi connectivity index (χ0n) is 21.7. The average Bonchev–Trinajstić information content (AvgIpc) is 3.53. The Morgan fingerprint density at radius 3 is 1.88 bits per heavy atom. The van der Waals surface area contributed by atoms with E-state index in [2.05, 4.69) is 16.4 Å². The summed E-state index contributed by atoms with van der Waals surface area (Å²) in [7, 11) is 0. The third-order valence-corrected chi connectivity index (χ3v) is 7.35. The molecule has 2 heterocycles. The van der Waals surface area contributed by atoms with E-state index in [1.165, 1.54) is 24.3 Å². The number of halogens is 4. The summed E-state index contributed by atoms with van der Waals surface area (Å²) in [6.07, 6.45) is 0. The molecule has 43 heavy (non-hydrogen) atoms. The summed E-state index contributed by atoms with van der Waals surface area (Å²) in [4.78, 5) is 4.94. The third kappa shape index (κ3) is 3.97. The molecule has 0 amide bonds. The number of fused-ring (bicyclic) bond motifs is 5. The number of hydrogen-bond donors (Lipinski definition) is 0. The van der Waals surface area contributed by atoms with Crippen molar-refractivity contribution in [1.82, 2.24) is 15.3 Å². The molecule has 0 aliphatic heterocycles. The van der Waals surface area contributed by atoms with Crippen LogP contribution >= 0.6 is 0 Å². The van der Waals surface area contributed by atoms with E-state index in [0.29, 0.717) is 38.8 Å². The van der Waals surface area contributed by atoms with Crippen LogP contribution in [0.15, 0.2) is 83.5 Å². The van der Waals surface area contributed by atoms with Crippen molar-refractivity contribution in [3.05, 3.63) is 113 Å². The van der Waals surface area contributed by atoms with E-state index in [0.717, 1.165) is 28.0 Å². The van der Waals surface area contributed by atoms with Crippen LogP contribution in [-0.2, 0) is 0 Å². The second-order valence-corrected chi connectivity index (χ2v) is 9.70. The number of pyridine rings is 1. The Morgan fingerprint density at radius 1 is 0.581 bits per heavy atom. The van der Waals surface area contributed by atoms with Gasteiger partial charge in [-0.05, 0) is 57.3 Å². The number of aromatic nitrogens is 3. The van der Waals surface area contributed by atoms with E-state index in [1.54, 1.807) is 18.2 Å². The van der Waals surface area contributed by atoms with Gasteiger partial charge >= 0.3 is 0 Å². The SMILES string of the molecule is N#Cc1ccc(-c2ccc3c(c2)nc(-c2ccc(-c4c(F)c(F)c(C#N)c(F)c4F)cc2)c2ccc4nonc4c23)cc1. The van der Waals surface area contributed by atoms with Crippen LogP contribution < -0.4 is 0 Å². The Hall–Kier alpha value is -6.13. The molecule has 0 aliphatic rings. The van der Waals surface area contributed by atoms with E-state index in [-0.39, 0.29) is 5.56 Å². The Labute approximate surface area is 239 Å². The van der Waals surface area contributed by atoms with Crippen LogP contribution in [0.3, 0.4) is 0 Å². The van der Waals surface area contributed by atoms with Gasteiger partial charge in [-0.3, -0.25) is 0 Å². The summed E-state index contributed by atoms with van der Waals surface area (Å²) in [5.74, 6) is -6.83. The van der Waals surface area contributed by atoms with Crippen LogP contribution in [0.1, 0.15) is 11.1 Å². The maximum absolute atomic E-state index is 14.7. The number of nitriles is 2. The Kier molecular flexibility index (Phi) is 5.86. The molecule has 0 bridgehead atoms. The summed E-state index contributed by atoms with van der Waals surface area (Å²) in [5.41, 5.74) is 2.61. The minimum Gasteiger partial charge on any atom is -0.247 e. The van der Waals surface area contributed by atoms with Gasteiger partial charge in [0.2, 0.25) is 0 Å². The van der Waals surface area contributed by atoms with Gasteiger partial charge in [-0.25, -0.2) is 27.2 Å². The van der Waals surface area contributed by atoms with Crippen LogP contribution in [0.5, 0.6) is 0 Å². The quantitative estimate of drug-likeness (QED) is 0.120. The molecule has 0 saturated heterocycles. The van der Waals surface area contributed by atoms with E-state index in [4.69, 9.17) is 20.1 Å². The first-order valence-corrected chi connectivity index (χ1v) is 12.8. The van der Waals surface area contributed by atoms with Crippen LogP contribution in [0.4, 0.5) is 17.6 Å². The highest BCUT2D eigenvalue weighted by Gasteiger charge is 2.26. The van der Waals surface area contributed by atoms with Crippen LogP contribution in [0.2, 0.25) is 0 Å². The number of hydrogen-bond acceptors (Lipinski definition) is 6. The average molecular weight is 571 g/mol. The summed E-state index contributed by atoms with van der Waals surface area (Å²) in [6.45, 7) is 0. The normalized spacial score (nSPS) is 11.2. The van der Waals surface area contributed by atoms with Crippen molar-refractivity contribution in [2.75, 3.05) is 0 Å². The first-order valence-electron chi connectivity index (χ1n) is 12.8. The molecule has 0 fully saturated rings. The molecule has 10 heteroatoms. The summed E-state index contributed by atoms with van der Waals surface area (Å²) < 4.78 is 63.1. The second kappa shape index (κ2) is 9.75. The number of benzene rings is 5. The Balaban J connectivity index is 1.43. The monoisotopic (exact) mass is 571 g/mol. The second-order valence-electron chi connectivity index (χ2n) is 9.70. The fraction of sp³-hybridized carbons (Fsp3) is 0. The zero-order valence-corrected chi connectivity index (χ0v) is 21.7. The predicted octanol–water partition coefficient (Wildman–Crippen LogP) is 8.22. The summed E-state index contributed by atoms with van der Waals surface area (Å²) in [5, 5.41) is 28.3. The lowest BCUT2D eigenvalue weighted by molar-refractivity contribution is 0.316. The van der Waals surface area contributed by atoms with Crippen molar-refractivity contribution >= 4 is 32.7 Å². The topological polar surface area (TPSA) is 99.4 Å². The number of rotatable bonds is 3. The van der Waals surface area contributed by atoms with Crippen molar-refractivity contribution < 1.29 is 22.2 Å². The molecule has 0 aliphatic carbocycles. The van der Waals surface area contributed by atoms with E-state index < -0.39 is 34.4 Å². The van der Waals surface area contributed by atoms with Crippen molar-refractivity contribution in [3.8, 4) is 45.6 Å². The number of nitrogens with zero attached hydrogens (tertiary/aromatic N) is 5. The van der Waals surface area contributed by atoms with Crippen molar-refractivity contribution in [1.29, 1.82) is 10.5 Å². The van der Waals surface area contributed by atoms with Crippen molar-refractivity contribution in [2.24, 2.45) is 0 Å². The fourth-order valence-corrected chi connectivity index (χ4v) is 5.25. The Morgan fingerprint density at radius 2 is 1.21 bits per heavy atom. The van der Waals surface area contributed by atoms with E-state index >= 15 is 0 Å². The minimum absolute atomic E-state index is 0.127. The van der Waals surface area contributed by atoms with Gasteiger partial charge in [0.05, 0.1) is 28.4 Å². The van der Waals surface area contributed by atoms with E-state index in [1.807, 2.05) is 36.4 Å². The van der Waals surface area contributed by atoms with Gasteiger partial charge < -0.3 is 0 Å². The molecule has 7 rings (SSSR count). The lowest BCUT2D eigenvalue weighted by Gasteiger charge is -2.13. The van der Waals surface area contributed by atoms with Gasteiger partial charge in [0.1, 0.15) is 22.7 Å². The molecular weight excluding hydrogens is 558 g/mol. The molecule has 0 radical (unpaired) electrons. The molecule has 7 aromatic rings. The van der Waals surface area contributed by atoms with Gasteiger partial charge in [-0.15, -0.1) is 0 Å². The largest absolute Gasteiger partial charge is 0.247 e. The smallest absolute Gasteiger partial charge is 0.180 e. The van der Waals surface area contributed by atoms with Crippen LogP contribution in [0, 0.1) is 45.9 Å². The molecule has 2 aromatic heterocycles. The third-order valence-electron chi connectivity index (χ3n) is 7.35. The first-order chi connectivity index (χ1) is 20.9. The van der Waals surface area contributed by atoms with Gasteiger partial charge in [-0.2, -0.15) is 10.5 Å². The van der Waals surface area contributed by atoms with Gasteiger partial charge in [0.25, 0.3) is 0 Å². The first kappa shape index (κ1) is 25.8. The molecule has 0 saturated carbocycles. The van der Waals surface area contributed by atoms with Crippen molar-refractivity contribution in [3.63, 3.8) is 0 Å². The van der Waals surface area contributed by atoms with Gasteiger partial charge in [-0.1, -0.05) is 48.5 Å². The molecule has 0 N–H and O–H groups in total. The lowest BCUT2D eigenvalue weighted by atomic mass is 9.95. The maximum atomic E-state index is 14.7. The minimum atomic E-state index is -1.76. The highest BCUT2D eigenvalue weighted by Crippen LogP contribution is 2.39. The van der Waals surface area contributed by atoms with Crippen LogP contribution in [0.25, 0.3) is 66.2 Å². The lowest BCUT2D eigenvalue weighted by Crippen LogP contribution is -2.03. The zero-order chi connectivity index (χ0) is 29.8. The van der Waals surface area contributed by atoms with Crippen LogP contribution in [-0.4, -0.2) is 15.3 Å². The Bertz CT molecular complexity index is 2320.